The Morgan fingerprint density at radius 3 is 1.86 bits per heavy atom. The van der Waals surface area contributed by atoms with Crippen molar-refractivity contribution in [3.63, 3.8) is 0 Å². The molecule has 0 bridgehead atoms. The first kappa shape index (κ1) is 6.80. The van der Waals surface area contributed by atoms with Crippen molar-refractivity contribution < 1.29 is 4.11 Å². The van der Waals surface area contributed by atoms with Gasteiger partial charge < -0.3 is 15.1 Å². The Morgan fingerprint density at radius 2 is 1.50 bits per heavy atom. The highest BCUT2D eigenvalue weighted by Gasteiger charge is 2.07. The maximum Gasteiger partial charge on any atom is 0.231 e. The fraction of sp³-hybridized carbons (Fsp3) is 0.625. The van der Waals surface area contributed by atoms with E-state index < -0.39 is 6.98 Å². The molecule has 0 radical (unpaired) electrons. The minimum absolute atomic E-state index is 0.0346. The fourth-order valence-corrected chi connectivity index (χ4v) is 0.810. The Kier molecular flexibility index (Phi) is 1.98. The number of aromatic nitrogens is 3. The van der Waals surface area contributed by atoms with Gasteiger partial charge in [0.25, 0.3) is 0 Å². The van der Waals surface area contributed by atoms with Crippen molar-refractivity contribution >= 4 is 17.8 Å². The predicted molar refractivity (Wildman–Crippen MR) is 58.0 cm³/mol. The highest BCUT2D eigenvalue weighted by molar-refractivity contribution is 5.43. The van der Waals surface area contributed by atoms with E-state index in [9.17, 15) is 0 Å². The summed E-state index contributed by atoms with van der Waals surface area (Å²) < 4.78 is 21.4. The van der Waals surface area contributed by atoms with Crippen molar-refractivity contribution in [1.82, 2.24) is 15.0 Å². The summed E-state index contributed by atoms with van der Waals surface area (Å²) in [5.74, 6) is 0.832. The number of rotatable bonds is 3. The molecule has 0 saturated carbocycles. The summed E-state index contributed by atoms with van der Waals surface area (Å²) in [5, 5.41) is 2.26. The number of nitrogens with zero attached hydrogens (tertiary/aromatic N) is 5. The molecule has 0 amide bonds. The molecule has 0 aromatic carbocycles. The van der Waals surface area contributed by atoms with Gasteiger partial charge in [-0.25, -0.2) is 0 Å². The lowest BCUT2D eigenvalue weighted by molar-refractivity contribution is 0.917. The van der Waals surface area contributed by atoms with Gasteiger partial charge in [0, 0.05) is 39.3 Å². The van der Waals surface area contributed by atoms with Gasteiger partial charge in [-0.1, -0.05) is 0 Å². The maximum absolute atomic E-state index is 7.12. The van der Waals surface area contributed by atoms with Crippen LogP contribution in [0.5, 0.6) is 0 Å². The van der Waals surface area contributed by atoms with Crippen LogP contribution < -0.4 is 15.1 Å². The quantitative estimate of drug-likeness (QED) is 0.742. The Hall–Kier alpha value is -1.59. The molecule has 78 valence electrons. The van der Waals surface area contributed by atoms with Gasteiger partial charge >= 0.3 is 0 Å². The summed E-state index contributed by atoms with van der Waals surface area (Å²) >= 11 is 0. The Labute approximate surface area is 88.2 Å². The van der Waals surface area contributed by atoms with Gasteiger partial charge in [0.15, 0.2) is 0 Å². The number of hydrogen-bond donors (Lipinski definition) is 1. The molecule has 6 nitrogen and oxygen atoms in total. The average molecular weight is 199 g/mol. The predicted octanol–water partition coefficient (Wildman–Crippen LogP) is 0.0453. The second-order valence-corrected chi connectivity index (χ2v) is 3.17. The zero-order valence-electron chi connectivity index (χ0n) is 11.7. The molecule has 14 heavy (non-hydrogen) atoms. The summed E-state index contributed by atoms with van der Waals surface area (Å²) in [4.78, 5) is 15.5. The lowest BCUT2D eigenvalue weighted by Gasteiger charge is -2.15. The lowest BCUT2D eigenvalue weighted by Crippen LogP contribution is -2.19. The van der Waals surface area contributed by atoms with Crippen molar-refractivity contribution in [2.75, 3.05) is 50.3 Å². The van der Waals surface area contributed by atoms with Crippen molar-refractivity contribution in [3.8, 4) is 0 Å². The minimum Gasteiger partial charge on any atom is -0.357 e. The summed E-state index contributed by atoms with van der Waals surface area (Å²) in [7, 11) is 7.09. The summed E-state index contributed by atoms with van der Waals surface area (Å²) in [6.07, 6.45) is 0. The van der Waals surface area contributed by atoms with E-state index in [0.29, 0.717) is 11.9 Å². The molecule has 1 N–H and O–H groups in total. The molecule has 0 aliphatic heterocycles. The van der Waals surface area contributed by atoms with Crippen molar-refractivity contribution in [1.29, 1.82) is 0 Å². The zero-order chi connectivity index (χ0) is 13.2. The van der Waals surface area contributed by atoms with Crippen LogP contribution in [0.2, 0.25) is 0 Å². The van der Waals surface area contributed by atoms with Gasteiger partial charge in [-0.3, -0.25) is 0 Å². The number of hydrogen-bond acceptors (Lipinski definition) is 6. The van der Waals surface area contributed by atoms with Crippen LogP contribution in [-0.2, 0) is 0 Å². The smallest absolute Gasteiger partial charge is 0.231 e. The zero-order valence-corrected chi connectivity index (χ0v) is 8.74. The monoisotopic (exact) mass is 199 g/mol. The lowest BCUT2D eigenvalue weighted by atomic mass is 10.7. The van der Waals surface area contributed by atoms with E-state index in [2.05, 4.69) is 20.3 Å². The second-order valence-electron chi connectivity index (χ2n) is 3.17. The van der Waals surface area contributed by atoms with Crippen molar-refractivity contribution in [2.45, 2.75) is 0 Å². The van der Waals surface area contributed by atoms with Gasteiger partial charge in [0.2, 0.25) is 17.8 Å². The first-order valence-electron chi connectivity index (χ1n) is 5.58. The Bertz CT molecular complexity index is 363. The van der Waals surface area contributed by atoms with Gasteiger partial charge in [0.1, 0.15) is 0 Å². The molecule has 0 saturated heterocycles. The summed E-state index contributed by atoms with van der Waals surface area (Å²) in [6, 6.07) is 0. The largest absolute Gasteiger partial charge is 0.357 e. The Morgan fingerprint density at radius 1 is 1.00 bits per heavy atom. The van der Waals surface area contributed by atoms with Crippen LogP contribution in [0.15, 0.2) is 0 Å². The third kappa shape index (κ3) is 2.21. The molecule has 0 fully saturated rings. The molecular formula is C8H16N6. The third-order valence-electron chi connectivity index (χ3n) is 1.52. The van der Waals surface area contributed by atoms with E-state index in [4.69, 9.17) is 4.11 Å². The van der Waals surface area contributed by atoms with Gasteiger partial charge in [0.05, 0.1) is 0 Å². The first-order chi connectivity index (χ1) is 7.69. The highest BCUT2D eigenvalue weighted by Crippen LogP contribution is 2.12. The summed E-state index contributed by atoms with van der Waals surface area (Å²) in [6.45, 7) is -2.32. The van der Waals surface area contributed by atoms with E-state index in [-0.39, 0.29) is 5.95 Å². The van der Waals surface area contributed by atoms with E-state index >= 15 is 0 Å². The van der Waals surface area contributed by atoms with Crippen molar-refractivity contribution in [2.24, 2.45) is 0 Å². The normalized spacial score (nSPS) is 13.9. The topological polar surface area (TPSA) is 57.2 Å². The van der Waals surface area contributed by atoms with Crippen molar-refractivity contribution in [3.05, 3.63) is 0 Å². The van der Waals surface area contributed by atoms with Crippen LogP contribution in [-0.4, -0.2) is 50.1 Å². The van der Waals surface area contributed by atoms with Crippen LogP contribution in [0.4, 0.5) is 17.8 Å². The number of nitrogens with one attached hydrogen (secondary N) is 1. The van der Waals surface area contributed by atoms with Crippen LogP contribution in [0.25, 0.3) is 0 Å². The maximum atomic E-state index is 7.12. The molecular weight excluding hydrogens is 180 g/mol. The van der Waals surface area contributed by atoms with Crippen LogP contribution >= 0.6 is 0 Å². The summed E-state index contributed by atoms with van der Waals surface area (Å²) in [5.41, 5.74) is 0. The first-order valence-corrected chi connectivity index (χ1v) is 4.08. The molecule has 6 heteroatoms. The molecule has 1 aromatic rings. The molecule has 0 spiro atoms. The van der Waals surface area contributed by atoms with E-state index in [1.807, 2.05) is 0 Å². The highest BCUT2D eigenvalue weighted by atomic mass is 15.3. The standard InChI is InChI=1S/C8H16N6/c1-9-6-10-7(13(2)3)12-8(11-6)14(4)5/h1-5H3,(H,9,10,11,12)/i1D3. The molecule has 0 aliphatic rings. The molecule has 0 unspecified atom stereocenters. The van der Waals surface area contributed by atoms with Gasteiger partial charge in [-0.2, -0.15) is 15.0 Å². The SMILES string of the molecule is [2H]C([2H])([2H])Nc1nc(N(C)C)nc(N(C)C)n1. The van der Waals surface area contributed by atoms with Gasteiger partial charge in [-0.15, -0.1) is 0 Å². The van der Waals surface area contributed by atoms with E-state index in [0.717, 1.165) is 0 Å². The third-order valence-corrected chi connectivity index (χ3v) is 1.52. The van der Waals surface area contributed by atoms with Crippen LogP contribution in [0.1, 0.15) is 4.11 Å². The second kappa shape index (κ2) is 4.08. The average Bonchev–Trinajstić information content (AvgIpc) is 2.14. The molecule has 1 aromatic heterocycles. The van der Waals surface area contributed by atoms with E-state index in [1.165, 1.54) is 0 Å². The molecule has 1 heterocycles. The Balaban J connectivity index is 3.13. The van der Waals surface area contributed by atoms with Crippen LogP contribution in [0.3, 0.4) is 0 Å². The fourth-order valence-electron chi connectivity index (χ4n) is 0.810. The van der Waals surface area contributed by atoms with Gasteiger partial charge in [-0.05, 0) is 0 Å². The minimum atomic E-state index is -2.32. The molecule has 0 atom stereocenters. The number of anilines is 3. The molecule has 1 rings (SSSR count). The van der Waals surface area contributed by atoms with Crippen LogP contribution in [0, 0.1) is 0 Å². The molecule has 0 aliphatic carbocycles. The van der Waals surface area contributed by atoms with E-state index in [1.54, 1.807) is 38.0 Å².